The zero-order valence-corrected chi connectivity index (χ0v) is 12.0. The minimum atomic E-state index is -0.818. The van der Waals surface area contributed by atoms with Crippen molar-refractivity contribution in [2.24, 2.45) is 5.41 Å². The molecule has 0 amide bonds. The summed E-state index contributed by atoms with van der Waals surface area (Å²) in [7, 11) is 0. The number of aliphatic hydroxyl groups excluding tert-OH is 1. The van der Waals surface area contributed by atoms with E-state index < -0.39 is 17.3 Å². The molecule has 0 saturated carbocycles. The molecule has 5 nitrogen and oxygen atoms in total. The first kappa shape index (κ1) is 14.5. The fraction of sp³-hybridized carbons (Fsp3) is 0.786. The molecule has 1 atom stereocenters. The molecular formula is C14H22O5. The van der Waals surface area contributed by atoms with Crippen LogP contribution in [0.3, 0.4) is 0 Å². The van der Waals surface area contributed by atoms with Crippen LogP contribution in [-0.4, -0.2) is 42.8 Å². The lowest BCUT2D eigenvalue weighted by atomic mass is 9.67. The molecule has 1 fully saturated rings. The Labute approximate surface area is 113 Å². The number of esters is 1. The van der Waals surface area contributed by atoms with E-state index >= 15 is 0 Å². The molecule has 19 heavy (non-hydrogen) atoms. The van der Waals surface area contributed by atoms with Gasteiger partial charge >= 0.3 is 5.97 Å². The van der Waals surface area contributed by atoms with Crippen molar-refractivity contribution in [2.45, 2.75) is 46.0 Å². The highest BCUT2D eigenvalue weighted by atomic mass is 16.7. The normalized spacial score (nSPS) is 28.8. The number of ether oxygens (including phenoxy) is 3. The molecule has 5 heteroatoms. The molecule has 0 radical (unpaired) electrons. The average Bonchev–Trinajstić information content (AvgIpc) is 2.76. The lowest BCUT2D eigenvalue weighted by molar-refractivity contribution is -0.237. The van der Waals surface area contributed by atoms with Crippen molar-refractivity contribution in [3.8, 4) is 0 Å². The van der Waals surface area contributed by atoms with Gasteiger partial charge in [0.2, 0.25) is 0 Å². The van der Waals surface area contributed by atoms with Gasteiger partial charge in [-0.3, -0.25) is 4.79 Å². The van der Waals surface area contributed by atoms with Gasteiger partial charge in [-0.05, 0) is 18.1 Å². The number of carbonyl (C=O) groups excluding carboxylic acids is 1. The Bertz CT molecular complexity index is 404. The maximum absolute atomic E-state index is 11.0. The molecule has 0 unspecified atom stereocenters. The predicted molar refractivity (Wildman–Crippen MR) is 68.4 cm³/mol. The fourth-order valence-corrected chi connectivity index (χ4v) is 2.99. The molecule has 1 aliphatic heterocycles. The van der Waals surface area contributed by atoms with Crippen LogP contribution >= 0.6 is 0 Å². The number of hydrogen-bond donors (Lipinski definition) is 1. The van der Waals surface area contributed by atoms with E-state index in [0.717, 1.165) is 11.1 Å². The highest BCUT2D eigenvalue weighted by Gasteiger charge is 2.56. The first-order chi connectivity index (χ1) is 8.80. The van der Waals surface area contributed by atoms with Crippen LogP contribution in [-0.2, 0) is 19.0 Å². The first-order valence-electron chi connectivity index (χ1n) is 6.59. The van der Waals surface area contributed by atoms with Crippen LogP contribution in [0.1, 0.15) is 34.1 Å². The highest BCUT2D eigenvalue weighted by molar-refractivity contribution is 5.66. The molecule has 1 saturated heterocycles. The van der Waals surface area contributed by atoms with Crippen LogP contribution in [0.4, 0.5) is 0 Å². The third-order valence-electron chi connectivity index (χ3n) is 4.32. The summed E-state index contributed by atoms with van der Waals surface area (Å²) < 4.78 is 16.7. The van der Waals surface area contributed by atoms with Gasteiger partial charge in [-0.2, -0.15) is 0 Å². The van der Waals surface area contributed by atoms with Gasteiger partial charge in [0, 0.05) is 18.8 Å². The van der Waals surface area contributed by atoms with Crippen molar-refractivity contribution in [2.75, 3.05) is 19.8 Å². The largest absolute Gasteiger partial charge is 0.461 e. The summed E-state index contributed by atoms with van der Waals surface area (Å²) in [6.45, 7) is 8.47. The molecule has 0 aromatic carbocycles. The van der Waals surface area contributed by atoms with Gasteiger partial charge in [-0.15, -0.1) is 0 Å². The topological polar surface area (TPSA) is 65.0 Å². The Morgan fingerprint density at radius 2 is 2.00 bits per heavy atom. The first-order valence-corrected chi connectivity index (χ1v) is 6.59. The molecule has 0 aromatic rings. The second-order valence-corrected chi connectivity index (χ2v) is 5.74. The molecule has 108 valence electrons. The molecule has 1 N–H and O–H groups in total. The summed E-state index contributed by atoms with van der Waals surface area (Å²) in [5.74, 6) is -1.15. The molecule has 2 aliphatic rings. The summed E-state index contributed by atoms with van der Waals surface area (Å²) in [5.41, 5.74) is 1.28. The van der Waals surface area contributed by atoms with E-state index in [1.165, 1.54) is 6.92 Å². The van der Waals surface area contributed by atoms with Gasteiger partial charge in [0.25, 0.3) is 0 Å². The van der Waals surface area contributed by atoms with E-state index in [1.54, 1.807) is 0 Å². The lowest BCUT2D eigenvalue weighted by Crippen LogP contribution is -2.53. The Kier molecular flexibility index (Phi) is 3.73. The van der Waals surface area contributed by atoms with Gasteiger partial charge in [-0.25, -0.2) is 0 Å². The quantitative estimate of drug-likeness (QED) is 0.607. The van der Waals surface area contributed by atoms with Crippen LogP contribution in [0, 0.1) is 5.41 Å². The van der Waals surface area contributed by atoms with Crippen molar-refractivity contribution in [1.29, 1.82) is 0 Å². The number of hydrogen-bond acceptors (Lipinski definition) is 5. The summed E-state index contributed by atoms with van der Waals surface area (Å²) in [5, 5.41) is 10.2. The lowest BCUT2D eigenvalue weighted by Gasteiger charge is -2.49. The van der Waals surface area contributed by atoms with Gasteiger partial charge in [0.15, 0.2) is 5.79 Å². The Morgan fingerprint density at radius 1 is 1.42 bits per heavy atom. The van der Waals surface area contributed by atoms with Crippen molar-refractivity contribution >= 4 is 5.97 Å². The van der Waals surface area contributed by atoms with Crippen molar-refractivity contribution in [3.05, 3.63) is 11.1 Å². The summed E-state index contributed by atoms with van der Waals surface area (Å²) in [6, 6.07) is 0. The Hall–Kier alpha value is -0.910. The Morgan fingerprint density at radius 3 is 2.53 bits per heavy atom. The predicted octanol–water partition coefficient (Wildman–Crippen LogP) is 1.40. The van der Waals surface area contributed by atoms with Crippen LogP contribution in [0.25, 0.3) is 0 Å². The maximum Gasteiger partial charge on any atom is 0.302 e. The highest BCUT2D eigenvalue weighted by Crippen LogP contribution is 2.51. The molecule has 0 bridgehead atoms. The fourth-order valence-electron chi connectivity index (χ4n) is 2.99. The van der Waals surface area contributed by atoms with E-state index in [-0.39, 0.29) is 12.6 Å². The third kappa shape index (κ3) is 2.30. The minimum absolute atomic E-state index is 0.166. The van der Waals surface area contributed by atoms with E-state index in [0.29, 0.717) is 19.6 Å². The molecule has 2 rings (SSSR count). The zero-order valence-electron chi connectivity index (χ0n) is 12.0. The molecule has 1 aliphatic carbocycles. The third-order valence-corrected chi connectivity index (χ3v) is 4.32. The van der Waals surface area contributed by atoms with E-state index in [2.05, 4.69) is 0 Å². The number of carbonyl (C=O) groups is 1. The molecule has 1 spiro atoms. The second-order valence-electron chi connectivity index (χ2n) is 5.74. The summed E-state index contributed by atoms with van der Waals surface area (Å²) in [6.07, 6.45) is -0.216. The standard InChI is InChI=1S/C14H22O5/c1-9-11(8-17-10(2)15)13(3,4)14(7-12(9)16)18-5-6-19-14/h12,16H,5-8H2,1-4H3/t12-/m0/s1. The molecular weight excluding hydrogens is 248 g/mol. The van der Waals surface area contributed by atoms with Crippen molar-refractivity contribution in [1.82, 2.24) is 0 Å². The van der Waals surface area contributed by atoms with Crippen LogP contribution < -0.4 is 0 Å². The minimum Gasteiger partial charge on any atom is -0.461 e. The van der Waals surface area contributed by atoms with Crippen LogP contribution in [0.2, 0.25) is 0 Å². The average molecular weight is 270 g/mol. The smallest absolute Gasteiger partial charge is 0.302 e. The monoisotopic (exact) mass is 270 g/mol. The molecule has 0 aromatic heterocycles. The van der Waals surface area contributed by atoms with Crippen molar-refractivity contribution in [3.63, 3.8) is 0 Å². The number of rotatable bonds is 2. The summed E-state index contributed by atoms with van der Waals surface area (Å²) in [4.78, 5) is 11.0. The van der Waals surface area contributed by atoms with Gasteiger partial charge in [0.1, 0.15) is 6.61 Å². The zero-order chi connectivity index (χ0) is 14.3. The van der Waals surface area contributed by atoms with Gasteiger partial charge in [0.05, 0.1) is 19.3 Å². The van der Waals surface area contributed by atoms with Crippen LogP contribution in [0.5, 0.6) is 0 Å². The van der Waals surface area contributed by atoms with Crippen LogP contribution in [0.15, 0.2) is 11.1 Å². The SMILES string of the molecule is CC(=O)OCC1=C(C)[C@@H](O)CC2(OCCO2)C1(C)C. The second kappa shape index (κ2) is 4.89. The summed E-state index contributed by atoms with van der Waals surface area (Å²) >= 11 is 0. The molecule has 1 heterocycles. The van der Waals surface area contributed by atoms with Crippen molar-refractivity contribution < 1.29 is 24.1 Å². The van der Waals surface area contributed by atoms with E-state index in [1.807, 2.05) is 20.8 Å². The van der Waals surface area contributed by atoms with E-state index in [4.69, 9.17) is 14.2 Å². The Balaban J connectivity index is 2.35. The van der Waals surface area contributed by atoms with Gasteiger partial charge in [-0.1, -0.05) is 13.8 Å². The number of aliphatic hydroxyl groups is 1. The van der Waals surface area contributed by atoms with E-state index in [9.17, 15) is 9.90 Å². The van der Waals surface area contributed by atoms with Gasteiger partial charge < -0.3 is 19.3 Å². The maximum atomic E-state index is 11.0.